The lowest BCUT2D eigenvalue weighted by molar-refractivity contribution is -0.159. The summed E-state index contributed by atoms with van der Waals surface area (Å²) in [7, 11) is 1.44. The van der Waals surface area contributed by atoms with Crippen LogP contribution >= 0.6 is 0 Å². The number of methoxy groups -OCH3 is 1. The Bertz CT molecular complexity index is 713. The number of benzene rings is 1. The van der Waals surface area contributed by atoms with Crippen molar-refractivity contribution in [2.75, 3.05) is 7.11 Å². The number of nitrogens with zero attached hydrogens (tertiary/aromatic N) is 2. The van der Waals surface area contributed by atoms with Crippen molar-refractivity contribution in [3.8, 4) is 11.4 Å². The van der Waals surface area contributed by atoms with Crippen LogP contribution in [0.3, 0.4) is 0 Å². The average Bonchev–Trinajstić information content (AvgIpc) is 3.05. The molecule has 1 heterocycles. The Morgan fingerprint density at radius 2 is 1.92 bits per heavy atom. The zero-order chi connectivity index (χ0) is 18.0. The molecule has 0 radical (unpaired) electrons. The molecule has 0 aliphatic carbocycles. The van der Waals surface area contributed by atoms with Gasteiger partial charge in [0.1, 0.15) is 0 Å². The number of amides is 1. The molecular weight excluding hydrogens is 327 g/mol. The zero-order valence-corrected chi connectivity index (χ0v) is 13.3. The predicted molar refractivity (Wildman–Crippen MR) is 77.5 cm³/mol. The van der Waals surface area contributed by atoms with Gasteiger partial charge in [0.05, 0.1) is 0 Å². The fraction of sp³-hybridized carbons (Fsp3) is 0.400. The number of aromatic nitrogens is 2. The summed E-state index contributed by atoms with van der Waals surface area (Å²) in [6.07, 6.45) is -4.40. The SMILES string of the molecule is CCC(=O)NC(C)(OC)c1ccc(-c2noc(C(F)(F)F)n2)cc1. The molecule has 0 bridgehead atoms. The van der Waals surface area contributed by atoms with Gasteiger partial charge in [0.2, 0.25) is 11.7 Å². The van der Waals surface area contributed by atoms with Gasteiger partial charge >= 0.3 is 12.1 Å². The van der Waals surface area contributed by atoms with E-state index >= 15 is 0 Å². The van der Waals surface area contributed by atoms with Crippen LogP contribution in [0.4, 0.5) is 13.2 Å². The van der Waals surface area contributed by atoms with Gasteiger partial charge in [-0.1, -0.05) is 36.3 Å². The van der Waals surface area contributed by atoms with E-state index in [0.717, 1.165) is 0 Å². The van der Waals surface area contributed by atoms with Gasteiger partial charge < -0.3 is 14.6 Å². The first-order valence-corrected chi connectivity index (χ1v) is 7.07. The molecule has 6 nitrogen and oxygen atoms in total. The molecule has 9 heteroatoms. The number of carbonyl (C=O) groups excluding carboxylic acids is 1. The molecule has 2 aromatic rings. The van der Waals surface area contributed by atoms with E-state index in [1.807, 2.05) is 0 Å². The summed E-state index contributed by atoms with van der Waals surface area (Å²) < 4.78 is 47.0. The normalized spacial score (nSPS) is 14.2. The first-order chi connectivity index (χ1) is 11.2. The van der Waals surface area contributed by atoms with Crippen molar-refractivity contribution >= 4 is 5.91 Å². The van der Waals surface area contributed by atoms with Crippen molar-refractivity contribution in [1.29, 1.82) is 0 Å². The summed E-state index contributed by atoms with van der Waals surface area (Å²) in [5, 5.41) is 6.05. The molecule has 0 saturated heterocycles. The Labute approximate surface area is 136 Å². The number of ether oxygens (including phenoxy) is 1. The third-order valence-electron chi connectivity index (χ3n) is 3.47. The molecule has 2 rings (SSSR count). The summed E-state index contributed by atoms with van der Waals surface area (Å²) in [6, 6.07) is 6.27. The molecule has 130 valence electrons. The fourth-order valence-electron chi connectivity index (χ4n) is 1.99. The van der Waals surface area contributed by atoms with Crippen molar-refractivity contribution < 1.29 is 27.2 Å². The Kier molecular flexibility index (Phi) is 4.93. The molecule has 1 amide bonds. The minimum Gasteiger partial charge on any atom is -0.355 e. The van der Waals surface area contributed by atoms with Crippen LogP contribution in [0, 0.1) is 0 Å². The van der Waals surface area contributed by atoms with Gasteiger partial charge in [0, 0.05) is 24.7 Å². The molecule has 0 aliphatic heterocycles. The Morgan fingerprint density at radius 1 is 1.29 bits per heavy atom. The summed E-state index contributed by atoms with van der Waals surface area (Å²) in [5.74, 6) is -1.78. The van der Waals surface area contributed by atoms with E-state index in [9.17, 15) is 18.0 Å². The fourth-order valence-corrected chi connectivity index (χ4v) is 1.99. The van der Waals surface area contributed by atoms with Gasteiger partial charge in [-0.05, 0) is 6.92 Å². The number of nitrogens with one attached hydrogen (secondary N) is 1. The molecule has 0 aliphatic rings. The van der Waals surface area contributed by atoms with Crippen LogP contribution in [-0.4, -0.2) is 23.2 Å². The van der Waals surface area contributed by atoms with E-state index < -0.39 is 17.8 Å². The lowest BCUT2D eigenvalue weighted by atomic mass is 10.0. The molecule has 1 N–H and O–H groups in total. The highest BCUT2D eigenvalue weighted by molar-refractivity contribution is 5.76. The second-order valence-corrected chi connectivity index (χ2v) is 5.14. The topological polar surface area (TPSA) is 77.2 Å². The Balaban J connectivity index is 2.26. The molecule has 1 aromatic carbocycles. The maximum Gasteiger partial charge on any atom is 0.471 e. The largest absolute Gasteiger partial charge is 0.471 e. The second-order valence-electron chi connectivity index (χ2n) is 5.14. The van der Waals surface area contributed by atoms with Crippen LogP contribution in [0.5, 0.6) is 0 Å². The standard InChI is InChI=1S/C15H16F3N3O3/c1-4-11(22)20-14(2,23-3)10-7-5-9(6-8-10)12-19-13(24-21-12)15(16,17)18/h5-8H,4H2,1-3H3,(H,20,22). The Hall–Kier alpha value is -2.42. The molecule has 0 spiro atoms. The van der Waals surface area contributed by atoms with E-state index in [1.165, 1.54) is 19.2 Å². The number of halogens is 3. The number of rotatable bonds is 5. The minimum atomic E-state index is -4.69. The minimum absolute atomic E-state index is 0.175. The van der Waals surface area contributed by atoms with Crippen molar-refractivity contribution in [3.05, 3.63) is 35.7 Å². The maximum atomic E-state index is 12.5. The monoisotopic (exact) mass is 343 g/mol. The highest BCUT2D eigenvalue weighted by atomic mass is 19.4. The average molecular weight is 343 g/mol. The van der Waals surface area contributed by atoms with E-state index in [0.29, 0.717) is 17.5 Å². The van der Waals surface area contributed by atoms with Crippen LogP contribution in [0.2, 0.25) is 0 Å². The second kappa shape index (κ2) is 6.60. The predicted octanol–water partition coefficient (Wildman–Crippen LogP) is 3.10. The number of hydrogen-bond donors (Lipinski definition) is 1. The van der Waals surface area contributed by atoms with Gasteiger partial charge in [-0.3, -0.25) is 4.79 Å². The highest BCUT2D eigenvalue weighted by Gasteiger charge is 2.38. The zero-order valence-electron chi connectivity index (χ0n) is 13.3. The number of alkyl halides is 3. The van der Waals surface area contributed by atoms with Crippen molar-refractivity contribution in [2.45, 2.75) is 32.2 Å². The summed E-state index contributed by atoms with van der Waals surface area (Å²) in [6.45, 7) is 3.38. The van der Waals surface area contributed by atoms with Crippen LogP contribution in [0.15, 0.2) is 28.8 Å². The van der Waals surface area contributed by atoms with Crippen molar-refractivity contribution in [2.24, 2.45) is 0 Å². The van der Waals surface area contributed by atoms with Gasteiger partial charge in [0.15, 0.2) is 5.72 Å². The van der Waals surface area contributed by atoms with Crippen molar-refractivity contribution in [1.82, 2.24) is 15.5 Å². The first kappa shape index (κ1) is 17.9. The van der Waals surface area contributed by atoms with E-state index in [1.54, 1.807) is 26.0 Å². The highest BCUT2D eigenvalue weighted by Crippen LogP contribution is 2.30. The van der Waals surface area contributed by atoms with Crippen molar-refractivity contribution in [3.63, 3.8) is 0 Å². The van der Waals surface area contributed by atoms with E-state index in [4.69, 9.17) is 4.74 Å². The number of carbonyl (C=O) groups is 1. The molecule has 24 heavy (non-hydrogen) atoms. The maximum absolute atomic E-state index is 12.5. The van der Waals surface area contributed by atoms with Crippen LogP contribution < -0.4 is 5.32 Å². The lowest BCUT2D eigenvalue weighted by Crippen LogP contribution is -2.44. The molecule has 0 fully saturated rings. The quantitative estimate of drug-likeness (QED) is 0.844. The van der Waals surface area contributed by atoms with Gasteiger partial charge in [-0.15, -0.1) is 0 Å². The Morgan fingerprint density at radius 3 is 2.38 bits per heavy atom. The van der Waals surface area contributed by atoms with Crippen LogP contribution in [0.25, 0.3) is 11.4 Å². The third kappa shape index (κ3) is 3.73. The molecule has 1 unspecified atom stereocenters. The van der Waals surface area contributed by atoms with Gasteiger partial charge in [-0.2, -0.15) is 18.2 Å². The van der Waals surface area contributed by atoms with Crippen LogP contribution in [0.1, 0.15) is 31.7 Å². The van der Waals surface area contributed by atoms with E-state index in [-0.39, 0.29) is 11.7 Å². The number of hydrogen-bond acceptors (Lipinski definition) is 5. The van der Waals surface area contributed by atoms with Gasteiger partial charge in [0.25, 0.3) is 0 Å². The lowest BCUT2D eigenvalue weighted by Gasteiger charge is -2.29. The smallest absolute Gasteiger partial charge is 0.355 e. The summed E-state index contributed by atoms with van der Waals surface area (Å²) in [5.41, 5.74) is -0.0895. The third-order valence-corrected chi connectivity index (χ3v) is 3.47. The van der Waals surface area contributed by atoms with E-state index in [2.05, 4.69) is 20.0 Å². The molecule has 1 aromatic heterocycles. The van der Waals surface area contributed by atoms with Crippen LogP contribution in [-0.2, 0) is 21.4 Å². The summed E-state index contributed by atoms with van der Waals surface area (Å²) >= 11 is 0. The van der Waals surface area contributed by atoms with Gasteiger partial charge in [-0.25, -0.2) is 0 Å². The first-order valence-electron chi connectivity index (χ1n) is 7.07. The summed E-state index contributed by atoms with van der Waals surface area (Å²) in [4.78, 5) is 14.9. The molecule has 1 atom stereocenters. The molecular formula is C15H16F3N3O3. The molecule has 0 saturated carbocycles.